The minimum Gasteiger partial charge on any atom is -0.476 e. The van der Waals surface area contributed by atoms with E-state index in [4.69, 9.17) is 4.52 Å². The molecule has 1 aromatic heterocycles. The number of anilines is 1. The van der Waals surface area contributed by atoms with Crippen molar-refractivity contribution in [2.45, 2.75) is 5.54 Å². The zero-order chi connectivity index (χ0) is 22.4. The third-order valence-corrected chi connectivity index (χ3v) is 5.06. The van der Waals surface area contributed by atoms with Gasteiger partial charge in [-0.2, -0.15) is 0 Å². The summed E-state index contributed by atoms with van der Waals surface area (Å²) < 4.78 is 5.29. The number of carboxylic acid groups (broad SMARTS) is 1. The molecule has 7 nitrogen and oxygen atoms in total. The molecular weight excluding hydrogens is 406 g/mol. The van der Waals surface area contributed by atoms with E-state index in [0.29, 0.717) is 5.82 Å². The van der Waals surface area contributed by atoms with Crippen LogP contribution in [0.4, 0.5) is 5.82 Å². The van der Waals surface area contributed by atoms with Crippen LogP contribution < -0.4 is 5.32 Å². The zero-order valence-electron chi connectivity index (χ0n) is 17.3. The van der Waals surface area contributed by atoms with Gasteiger partial charge in [0.15, 0.2) is 11.6 Å². The first-order valence-electron chi connectivity index (χ1n) is 9.91. The summed E-state index contributed by atoms with van der Waals surface area (Å²) in [5.41, 5.74) is 1.74. The number of oxime groups is 1. The predicted octanol–water partition coefficient (Wildman–Crippen LogP) is 4.51. The highest BCUT2D eigenvalue weighted by atomic mass is 16.6. The van der Waals surface area contributed by atoms with Gasteiger partial charge in [-0.3, -0.25) is 0 Å². The number of carbonyl (C=O) groups is 1. The first-order valence-corrected chi connectivity index (χ1v) is 9.91. The quantitative estimate of drug-likeness (QED) is 0.244. The van der Waals surface area contributed by atoms with E-state index in [0.717, 1.165) is 16.7 Å². The largest absolute Gasteiger partial charge is 0.476 e. The van der Waals surface area contributed by atoms with Crippen LogP contribution in [0.5, 0.6) is 0 Å². The fourth-order valence-electron chi connectivity index (χ4n) is 3.70. The average Bonchev–Trinajstić information content (AvgIpc) is 3.30. The molecular formula is C25H21N3O4. The van der Waals surface area contributed by atoms with Gasteiger partial charge in [0, 0.05) is 6.07 Å². The molecule has 0 aliphatic heterocycles. The molecule has 7 heteroatoms. The number of aliphatic carboxylic acids is 1. The van der Waals surface area contributed by atoms with E-state index in [1.54, 1.807) is 0 Å². The fraction of sp³-hybridized carbons (Fsp3) is 0.0800. The number of carboxylic acids is 1. The van der Waals surface area contributed by atoms with Gasteiger partial charge in [0.05, 0.1) is 0 Å². The summed E-state index contributed by atoms with van der Waals surface area (Å²) in [4.78, 5) is 16.2. The number of aromatic nitrogens is 1. The van der Waals surface area contributed by atoms with Crippen LogP contribution in [-0.2, 0) is 15.2 Å². The molecule has 0 amide bonds. The van der Waals surface area contributed by atoms with Crippen LogP contribution in [0.1, 0.15) is 22.5 Å². The minimum absolute atomic E-state index is 0.0232. The standard InChI is InChI=1S/C25H21N3O4/c1-31-28-23(24(29)30)21-17-22(27-32-21)26-25(18-11-5-2-6-12-18,19-13-7-3-8-14-19)20-15-9-4-10-16-20/h2-17H,1H3,(H,26,27)(H,29,30). The van der Waals surface area contributed by atoms with Crippen molar-refractivity contribution >= 4 is 17.5 Å². The number of benzene rings is 3. The summed E-state index contributed by atoms with van der Waals surface area (Å²) in [6.07, 6.45) is 0. The van der Waals surface area contributed by atoms with E-state index in [9.17, 15) is 9.90 Å². The Morgan fingerprint density at radius 2 is 1.38 bits per heavy atom. The summed E-state index contributed by atoms with van der Waals surface area (Å²) in [6, 6.07) is 31.4. The molecule has 0 atom stereocenters. The van der Waals surface area contributed by atoms with Gasteiger partial charge < -0.3 is 19.8 Å². The lowest BCUT2D eigenvalue weighted by atomic mass is 9.77. The molecule has 0 spiro atoms. The Hall–Kier alpha value is -4.39. The predicted molar refractivity (Wildman–Crippen MR) is 121 cm³/mol. The maximum atomic E-state index is 11.5. The van der Waals surface area contributed by atoms with Gasteiger partial charge in [-0.05, 0) is 16.7 Å². The van der Waals surface area contributed by atoms with Crippen molar-refractivity contribution in [2.75, 3.05) is 12.4 Å². The van der Waals surface area contributed by atoms with Gasteiger partial charge in [0.2, 0.25) is 5.71 Å². The van der Waals surface area contributed by atoms with Gasteiger partial charge in [0.1, 0.15) is 12.6 Å². The maximum Gasteiger partial charge on any atom is 0.362 e. The first-order chi connectivity index (χ1) is 15.6. The Kier molecular flexibility index (Phi) is 5.98. The lowest BCUT2D eigenvalue weighted by Crippen LogP contribution is -2.38. The van der Waals surface area contributed by atoms with Crippen LogP contribution in [0.3, 0.4) is 0 Å². The van der Waals surface area contributed by atoms with Crippen LogP contribution in [0.15, 0.2) is 107 Å². The minimum atomic E-state index is -1.28. The van der Waals surface area contributed by atoms with Crippen LogP contribution in [0.25, 0.3) is 0 Å². The number of hydrogen-bond acceptors (Lipinski definition) is 6. The van der Waals surface area contributed by atoms with Crippen molar-refractivity contribution in [3.8, 4) is 0 Å². The Balaban J connectivity index is 1.90. The molecule has 0 saturated carbocycles. The van der Waals surface area contributed by atoms with Crippen molar-refractivity contribution in [1.82, 2.24) is 5.16 Å². The molecule has 0 radical (unpaired) electrons. The first kappa shape index (κ1) is 20.9. The monoisotopic (exact) mass is 427 g/mol. The van der Waals surface area contributed by atoms with E-state index in [1.807, 2.05) is 91.0 Å². The summed E-state index contributed by atoms with van der Waals surface area (Å²) >= 11 is 0. The molecule has 4 rings (SSSR count). The highest BCUT2D eigenvalue weighted by Crippen LogP contribution is 2.39. The molecule has 32 heavy (non-hydrogen) atoms. The third-order valence-electron chi connectivity index (χ3n) is 5.06. The molecule has 0 aliphatic carbocycles. The number of nitrogens with one attached hydrogen (secondary N) is 1. The van der Waals surface area contributed by atoms with E-state index in [-0.39, 0.29) is 11.5 Å². The van der Waals surface area contributed by atoms with Gasteiger partial charge in [0.25, 0.3) is 0 Å². The van der Waals surface area contributed by atoms with E-state index >= 15 is 0 Å². The second kappa shape index (κ2) is 9.18. The molecule has 2 N–H and O–H groups in total. The summed E-state index contributed by atoms with van der Waals surface area (Å²) in [7, 11) is 1.27. The summed E-state index contributed by atoms with van der Waals surface area (Å²) in [5, 5.41) is 20.5. The van der Waals surface area contributed by atoms with Crippen molar-refractivity contribution in [2.24, 2.45) is 5.16 Å². The van der Waals surface area contributed by atoms with Gasteiger partial charge in [-0.25, -0.2) is 4.79 Å². The molecule has 4 aromatic rings. The van der Waals surface area contributed by atoms with Gasteiger partial charge >= 0.3 is 5.97 Å². The molecule has 1 heterocycles. The lowest BCUT2D eigenvalue weighted by Gasteiger charge is -2.36. The third kappa shape index (κ3) is 3.96. The molecule has 0 unspecified atom stereocenters. The second-order valence-electron chi connectivity index (χ2n) is 6.98. The van der Waals surface area contributed by atoms with E-state index < -0.39 is 11.5 Å². The van der Waals surface area contributed by atoms with Crippen LogP contribution in [-0.4, -0.2) is 29.1 Å². The molecule has 0 aliphatic rings. The van der Waals surface area contributed by atoms with Crippen LogP contribution in [0, 0.1) is 0 Å². The van der Waals surface area contributed by atoms with Crippen molar-refractivity contribution in [3.05, 3.63) is 120 Å². The smallest absolute Gasteiger partial charge is 0.362 e. The Bertz CT molecular complexity index is 1110. The van der Waals surface area contributed by atoms with Crippen molar-refractivity contribution in [3.63, 3.8) is 0 Å². The second-order valence-corrected chi connectivity index (χ2v) is 6.98. The highest BCUT2D eigenvalue weighted by molar-refractivity contribution is 6.41. The van der Waals surface area contributed by atoms with Crippen LogP contribution >= 0.6 is 0 Å². The maximum absolute atomic E-state index is 11.5. The number of nitrogens with zero attached hydrogens (tertiary/aromatic N) is 2. The Morgan fingerprint density at radius 1 is 0.906 bits per heavy atom. The molecule has 0 bridgehead atoms. The van der Waals surface area contributed by atoms with E-state index in [2.05, 4.69) is 20.5 Å². The van der Waals surface area contributed by atoms with Crippen molar-refractivity contribution in [1.29, 1.82) is 0 Å². The molecule has 3 aromatic carbocycles. The topological polar surface area (TPSA) is 97.0 Å². The Morgan fingerprint density at radius 3 is 1.78 bits per heavy atom. The Labute approximate surface area is 184 Å². The molecule has 160 valence electrons. The van der Waals surface area contributed by atoms with Gasteiger partial charge in [-0.1, -0.05) is 101 Å². The number of hydrogen-bond donors (Lipinski definition) is 2. The SMILES string of the molecule is CON=C(C(=O)O)c1cc(NC(c2ccccc2)(c2ccccc2)c2ccccc2)no1. The molecule has 0 fully saturated rings. The highest BCUT2D eigenvalue weighted by Gasteiger charge is 2.37. The molecule has 0 saturated heterocycles. The average molecular weight is 427 g/mol. The normalized spacial score (nSPS) is 11.7. The summed E-state index contributed by atoms with van der Waals surface area (Å²) in [6.45, 7) is 0. The van der Waals surface area contributed by atoms with Crippen molar-refractivity contribution < 1.29 is 19.3 Å². The van der Waals surface area contributed by atoms with E-state index in [1.165, 1.54) is 13.2 Å². The van der Waals surface area contributed by atoms with Crippen LogP contribution in [0.2, 0.25) is 0 Å². The number of rotatable bonds is 8. The summed E-state index contributed by atoms with van der Waals surface area (Å²) in [5.74, 6) is -0.957. The van der Waals surface area contributed by atoms with Gasteiger partial charge in [-0.15, -0.1) is 0 Å². The lowest BCUT2D eigenvalue weighted by molar-refractivity contribution is -0.129. The zero-order valence-corrected chi connectivity index (χ0v) is 17.3. The fourth-order valence-corrected chi connectivity index (χ4v) is 3.70.